The van der Waals surface area contributed by atoms with E-state index in [2.05, 4.69) is 245 Å². The summed E-state index contributed by atoms with van der Waals surface area (Å²) in [4.78, 5) is 2.53. The molecule has 1 heteroatoms. The molecule has 0 atom stereocenters. The molecule has 0 saturated heterocycles. The molecule has 0 bridgehead atoms. The van der Waals surface area contributed by atoms with Gasteiger partial charge in [0.25, 0.3) is 0 Å². The second kappa shape index (κ2) is 14.2. The second-order valence-electron chi connectivity index (χ2n) is 17.7. The molecule has 0 fully saturated rings. The molecular weight excluding hydrogens is 735 g/mol. The van der Waals surface area contributed by atoms with Crippen LogP contribution in [-0.2, 0) is 10.8 Å². The van der Waals surface area contributed by atoms with Gasteiger partial charge in [-0.1, -0.05) is 204 Å². The van der Waals surface area contributed by atoms with E-state index < -0.39 is 0 Å². The van der Waals surface area contributed by atoms with Gasteiger partial charge in [-0.2, -0.15) is 0 Å². The molecule has 9 aromatic rings. The van der Waals surface area contributed by atoms with E-state index in [0.29, 0.717) is 0 Å². The van der Waals surface area contributed by atoms with Gasteiger partial charge in [0, 0.05) is 27.8 Å². The smallest absolute Gasteiger partial charge is 0.0546 e. The van der Waals surface area contributed by atoms with Crippen LogP contribution in [-0.4, -0.2) is 0 Å². The first-order chi connectivity index (χ1) is 29.8. The topological polar surface area (TPSA) is 3.24 Å². The van der Waals surface area contributed by atoms with Gasteiger partial charge in [0.15, 0.2) is 0 Å². The Hall–Kier alpha value is -7.22. The molecule has 292 valence electrons. The average molecular weight is 782 g/mol. The maximum absolute atomic E-state index is 2.53. The van der Waals surface area contributed by atoms with Gasteiger partial charge in [-0.3, -0.25) is 0 Å². The zero-order valence-electron chi connectivity index (χ0n) is 35.2. The summed E-state index contributed by atoms with van der Waals surface area (Å²) in [6, 6.07) is 78.7. The van der Waals surface area contributed by atoms with Crippen LogP contribution >= 0.6 is 0 Å². The molecule has 11 rings (SSSR count). The van der Waals surface area contributed by atoms with Gasteiger partial charge in [0.2, 0.25) is 0 Å². The maximum Gasteiger partial charge on any atom is 0.0546 e. The molecule has 0 saturated carbocycles. The first-order valence-electron chi connectivity index (χ1n) is 21.5. The molecule has 0 unspecified atom stereocenters. The monoisotopic (exact) mass is 781 g/mol. The quantitative estimate of drug-likeness (QED) is 0.156. The third kappa shape index (κ3) is 5.91. The number of benzene rings is 9. The molecule has 0 aromatic heterocycles. The van der Waals surface area contributed by atoms with Crippen molar-refractivity contribution in [3.05, 3.63) is 235 Å². The zero-order valence-corrected chi connectivity index (χ0v) is 35.2. The first kappa shape index (κ1) is 36.8. The van der Waals surface area contributed by atoms with Crippen molar-refractivity contribution in [2.24, 2.45) is 0 Å². The van der Waals surface area contributed by atoms with E-state index in [4.69, 9.17) is 0 Å². The fourth-order valence-electron chi connectivity index (χ4n) is 10.4. The summed E-state index contributed by atoms with van der Waals surface area (Å²) in [5.41, 5.74) is 23.5. The predicted octanol–water partition coefficient (Wildman–Crippen LogP) is 16.4. The van der Waals surface area contributed by atoms with Gasteiger partial charge in [-0.05, 0) is 120 Å². The minimum atomic E-state index is -0.216. The van der Waals surface area contributed by atoms with E-state index in [1.807, 2.05) is 0 Å². The van der Waals surface area contributed by atoms with Gasteiger partial charge in [-0.15, -0.1) is 0 Å². The van der Waals surface area contributed by atoms with Crippen molar-refractivity contribution < 1.29 is 0 Å². The molecule has 0 spiro atoms. The molecule has 0 radical (unpaired) electrons. The highest BCUT2D eigenvalue weighted by Crippen LogP contribution is 2.55. The van der Waals surface area contributed by atoms with E-state index in [9.17, 15) is 0 Å². The molecule has 0 N–H and O–H groups in total. The van der Waals surface area contributed by atoms with Crippen LogP contribution in [0.3, 0.4) is 0 Å². The summed E-state index contributed by atoms with van der Waals surface area (Å²) in [7, 11) is 0. The zero-order chi connectivity index (χ0) is 41.3. The van der Waals surface area contributed by atoms with E-state index >= 15 is 0 Å². The third-order valence-corrected chi connectivity index (χ3v) is 13.5. The Balaban J connectivity index is 1.17. The summed E-state index contributed by atoms with van der Waals surface area (Å²) >= 11 is 0. The van der Waals surface area contributed by atoms with Crippen molar-refractivity contribution in [3.8, 4) is 66.8 Å². The second-order valence-corrected chi connectivity index (χ2v) is 17.7. The van der Waals surface area contributed by atoms with E-state index in [-0.39, 0.29) is 10.8 Å². The summed E-state index contributed by atoms with van der Waals surface area (Å²) in [5, 5.41) is 0. The lowest BCUT2D eigenvalue weighted by Gasteiger charge is -2.32. The van der Waals surface area contributed by atoms with Crippen LogP contribution in [0.4, 0.5) is 17.1 Å². The van der Waals surface area contributed by atoms with Crippen molar-refractivity contribution >= 4 is 17.1 Å². The van der Waals surface area contributed by atoms with Gasteiger partial charge in [0.1, 0.15) is 0 Å². The molecule has 1 nitrogen and oxygen atoms in total. The summed E-state index contributed by atoms with van der Waals surface area (Å²) in [6.07, 6.45) is 0. The molecule has 0 aliphatic heterocycles. The van der Waals surface area contributed by atoms with Gasteiger partial charge >= 0.3 is 0 Å². The first-order valence-corrected chi connectivity index (χ1v) is 21.5. The predicted molar refractivity (Wildman–Crippen MR) is 258 cm³/mol. The van der Waals surface area contributed by atoms with Crippen LogP contribution in [0.2, 0.25) is 0 Å². The van der Waals surface area contributed by atoms with Crippen molar-refractivity contribution in [2.75, 3.05) is 4.90 Å². The normalized spacial score (nSPS) is 13.8. The Morgan fingerprint density at radius 2 is 0.754 bits per heavy atom. The van der Waals surface area contributed by atoms with Gasteiger partial charge in [-0.25, -0.2) is 0 Å². The van der Waals surface area contributed by atoms with Crippen molar-refractivity contribution in [2.45, 2.75) is 38.5 Å². The lowest BCUT2D eigenvalue weighted by atomic mass is 9.81. The number of anilines is 3. The van der Waals surface area contributed by atoms with Crippen LogP contribution in [0.5, 0.6) is 0 Å². The standard InChI is InChI=1S/C60H47N/c1-59(2)53-29-17-16-26-48(53)52-38-44(33-36-54(52)59)61(45-32-35-50-49-34-31-43(40-19-8-5-9-20-40)37-55(49)60(3,4)56(50)39-45)57-30-18-28-47(42-23-12-7-13-24-42)58(57)51-27-15-14-25-46(51)41-21-10-6-11-22-41/h5-39H,1-4H3. The van der Waals surface area contributed by atoms with Crippen LogP contribution < -0.4 is 4.90 Å². The summed E-state index contributed by atoms with van der Waals surface area (Å²) in [6.45, 7) is 9.51. The number of hydrogen-bond acceptors (Lipinski definition) is 1. The van der Waals surface area contributed by atoms with Crippen LogP contribution in [0.15, 0.2) is 212 Å². The van der Waals surface area contributed by atoms with Crippen LogP contribution in [0, 0.1) is 0 Å². The summed E-state index contributed by atoms with van der Waals surface area (Å²) < 4.78 is 0. The number of nitrogens with zero attached hydrogens (tertiary/aromatic N) is 1. The summed E-state index contributed by atoms with van der Waals surface area (Å²) in [5.74, 6) is 0. The van der Waals surface area contributed by atoms with E-state index in [1.165, 1.54) is 89.0 Å². The Kier molecular flexibility index (Phi) is 8.58. The SMILES string of the molecule is CC1(C)c2ccccc2-c2cc(N(c3ccc4c(c3)C(C)(C)c3cc(-c5ccccc5)ccc3-4)c3cccc(-c4ccccc4)c3-c3ccccc3-c3ccccc3)ccc21. The molecule has 2 aliphatic rings. The minimum Gasteiger partial charge on any atom is -0.310 e. The van der Waals surface area contributed by atoms with Crippen molar-refractivity contribution in [1.82, 2.24) is 0 Å². The largest absolute Gasteiger partial charge is 0.310 e. The number of rotatable bonds is 7. The Morgan fingerprint density at radius 3 is 1.46 bits per heavy atom. The van der Waals surface area contributed by atoms with Crippen molar-refractivity contribution in [3.63, 3.8) is 0 Å². The average Bonchev–Trinajstić information content (AvgIpc) is 3.68. The Bertz CT molecular complexity index is 3120. The van der Waals surface area contributed by atoms with E-state index in [1.54, 1.807) is 0 Å². The Labute approximate surface area is 360 Å². The van der Waals surface area contributed by atoms with Crippen LogP contribution in [0.1, 0.15) is 49.9 Å². The van der Waals surface area contributed by atoms with Gasteiger partial charge in [0.05, 0.1) is 5.69 Å². The van der Waals surface area contributed by atoms with E-state index in [0.717, 1.165) is 17.1 Å². The number of hydrogen-bond donors (Lipinski definition) is 0. The van der Waals surface area contributed by atoms with Gasteiger partial charge < -0.3 is 4.90 Å². The fraction of sp³-hybridized carbons (Fsp3) is 0.100. The molecule has 0 amide bonds. The molecule has 61 heavy (non-hydrogen) atoms. The van der Waals surface area contributed by atoms with Crippen molar-refractivity contribution in [1.29, 1.82) is 0 Å². The highest BCUT2D eigenvalue weighted by Gasteiger charge is 2.38. The molecular formula is C60H47N. The minimum absolute atomic E-state index is 0.0930. The Morgan fingerprint density at radius 1 is 0.279 bits per heavy atom. The number of fused-ring (bicyclic) bond motifs is 6. The molecule has 2 aliphatic carbocycles. The van der Waals surface area contributed by atoms with Crippen LogP contribution in [0.25, 0.3) is 66.8 Å². The lowest BCUT2D eigenvalue weighted by Crippen LogP contribution is -2.17. The third-order valence-electron chi connectivity index (χ3n) is 13.5. The lowest BCUT2D eigenvalue weighted by molar-refractivity contribution is 0.660. The highest BCUT2D eigenvalue weighted by molar-refractivity contribution is 6.02. The molecule has 9 aromatic carbocycles. The maximum atomic E-state index is 2.53. The highest BCUT2D eigenvalue weighted by atomic mass is 15.1. The fourth-order valence-corrected chi connectivity index (χ4v) is 10.4. The molecule has 0 heterocycles.